The van der Waals surface area contributed by atoms with Crippen LogP contribution in [0.3, 0.4) is 0 Å². The van der Waals surface area contributed by atoms with Crippen molar-refractivity contribution in [1.82, 2.24) is 14.9 Å². The zero-order valence-electron chi connectivity index (χ0n) is 16.7. The number of piperazine rings is 1. The molecule has 2 heterocycles. The number of rotatable bonds is 3. The fourth-order valence-corrected chi connectivity index (χ4v) is 3.96. The molecule has 1 aliphatic heterocycles. The van der Waals surface area contributed by atoms with Gasteiger partial charge < -0.3 is 9.80 Å². The standard InChI is InChI=1S/C23H26N4O/c1-16-8-4-5-9-19(16)17(2)22-24-21-11-7-6-10-20(21)23(25-22)27-14-12-26(13-15-27)18(3)28/h4-11,17H,12-15H2,1-3H3. The summed E-state index contributed by atoms with van der Waals surface area (Å²) in [5.74, 6) is 2.07. The van der Waals surface area contributed by atoms with E-state index in [4.69, 9.17) is 9.97 Å². The molecule has 1 saturated heterocycles. The minimum absolute atomic E-state index is 0.114. The SMILES string of the molecule is CC(=O)N1CCN(c2nc(C(C)c3ccccc3C)nc3ccccc23)CC1. The Hall–Kier alpha value is -2.95. The Morgan fingerprint density at radius 3 is 2.36 bits per heavy atom. The Kier molecular flexibility index (Phi) is 4.99. The number of aromatic nitrogens is 2. The van der Waals surface area contributed by atoms with Crippen molar-refractivity contribution in [1.29, 1.82) is 0 Å². The van der Waals surface area contributed by atoms with Crippen LogP contribution in [0.2, 0.25) is 0 Å². The van der Waals surface area contributed by atoms with Crippen LogP contribution in [-0.4, -0.2) is 47.0 Å². The van der Waals surface area contributed by atoms with E-state index in [0.29, 0.717) is 0 Å². The molecule has 1 unspecified atom stereocenters. The van der Waals surface area contributed by atoms with Gasteiger partial charge in [0.1, 0.15) is 11.6 Å². The molecule has 1 aliphatic rings. The summed E-state index contributed by atoms with van der Waals surface area (Å²) >= 11 is 0. The monoisotopic (exact) mass is 374 g/mol. The van der Waals surface area contributed by atoms with Crippen molar-refractivity contribution in [3.05, 3.63) is 65.5 Å². The molecule has 2 aromatic carbocycles. The maximum absolute atomic E-state index is 11.7. The molecule has 144 valence electrons. The molecule has 1 aromatic heterocycles. The summed E-state index contributed by atoms with van der Waals surface area (Å²) in [5.41, 5.74) is 3.48. The first-order valence-electron chi connectivity index (χ1n) is 9.87. The molecule has 28 heavy (non-hydrogen) atoms. The zero-order valence-corrected chi connectivity index (χ0v) is 16.7. The summed E-state index contributed by atoms with van der Waals surface area (Å²) in [4.78, 5) is 25.8. The normalized spacial score (nSPS) is 15.7. The van der Waals surface area contributed by atoms with E-state index in [1.54, 1.807) is 6.92 Å². The van der Waals surface area contributed by atoms with E-state index >= 15 is 0 Å². The van der Waals surface area contributed by atoms with Gasteiger partial charge in [-0.15, -0.1) is 0 Å². The van der Waals surface area contributed by atoms with Crippen molar-refractivity contribution < 1.29 is 4.79 Å². The number of carbonyl (C=O) groups excluding carboxylic acids is 1. The van der Waals surface area contributed by atoms with Crippen LogP contribution in [0.15, 0.2) is 48.5 Å². The topological polar surface area (TPSA) is 49.3 Å². The molecule has 5 heteroatoms. The van der Waals surface area contributed by atoms with E-state index in [1.165, 1.54) is 11.1 Å². The number of amides is 1. The third-order valence-corrected chi connectivity index (χ3v) is 5.67. The van der Waals surface area contributed by atoms with E-state index in [1.807, 2.05) is 17.0 Å². The average molecular weight is 374 g/mol. The van der Waals surface area contributed by atoms with E-state index in [-0.39, 0.29) is 11.8 Å². The van der Waals surface area contributed by atoms with Crippen LogP contribution in [0, 0.1) is 6.92 Å². The number of nitrogens with zero attached hydrogens (tertiary/aromatic N) is 4. The van der Waals surface area contributed by atoms with E-state index < -0.39 is 0 Å². The molecule has 1 atom stereocenters. The lowest BCUT2D eigenvalue weighted by Crippen LogP contribution is -2.48. The van der Waals surface area contributed by atoms with E-state index in [2.05, 4.69) is 55.1 Å². The summed E-state index contributed by atoms with van der Waals surface area (Å²) < 4.78 is 0. The average Bonchev–Trinajstić information content (AvgIpc) is 2.73. The van der Waals surface area contributed by atoms with E-state index in [0.717, 1.165) is 48.7 Å². The van der Waals surface area contributed by atoms with Gasteiger partial charge in [-0.2, -0.15) is 0 Å². The van der Waals surface area contributed by atoms with Crippen LogP contribution in [0.5, 0.6) is 0 Å². The number of carbonyl (C=O) groups is 1. The maximum atomic E-state index is 11.7. The highest BCUT2D eigenvalue weighted by Crippen LogP contribution is 2.30. The Bertz CT molecular complexity index is 1010. The van der Waals surface area contributed by atoms with Crippen molar-refractivity contribution in [2.75, 3.05) is 31.1 Å². The second-order valence-electron chi connectivity index (χ2n) is 7.49. The number of hydrogen-bond acceptors (Lipinski definition) is 4. The molecule has 1 fully saturated rings. The van der Waals surface area contributed by atoms with Gasteiger partial charge in [-0.05, 0) is 30.2 Å². The van der Waals surface area contributed by atoms with Crippen molar-refractivity contribution in [2.24, 2.45) is 0 Å². The van der Waals surface area contributed by atoms with Crippen molar-refractivity contribution in [3.63, 3.8) is 0 Å². The van der Waals surface area contributed by atoms with Gasteiger partial charge in [0.15, 0.2) is 0 Å². The highest BCUT2D eigenvalue weighted by atomic mass is 16.2. The third kappa shape index (κ3) is 3.44. The molecule has 1 amide bonds. The van der Waals surface area contributed by atoms with Gasteiger partial charge >= 0.3 is 0 Å². The highest BCUT2D eigenvalue weighted by molar-refractivity contribution is 5.89. The number of fused-ring (bicyclic) bond motifs is 1. The Morgan fingerprint density at radius 2 is 1.64 bits per heavy atom. The molecule has 5 nitrogen and oxygen atoms in total. The minimum atomic E-state index is 0.114. The van der Waals surface area contributed by atoms with Gasteiger partial charge in [-0.25, -0.2) is 9.97 Å². The quantitative estimate of drug-likeness (QED) is 0.700. The first-order valence-corrected chi connectivity index (χ1v) is 9.87. The van der Waals surface area contributed by atoms with Crippen LogP contribution in [0.25, 0.3) is 10.9 Å². The van der Waals surface area contributed by atoms with Crippen LogP contribution in [-0.2, 0) is 4.79 Å². The second kappa shape index (κ2) is 7.58. The first kappa shape index (κ1) is 18.4. The van der Waals surface area contributed by atoms with Gasteiger partial charge in [0.05, 0.1) is 5.52 Å². The second-order valence-corrected chi connectivity index (χ2v) is 7.49. The summed E-state index contributed by atoms with van der Waals surface area (Å²) in [6, 6.07) is 16.6. The van der Waals surface area contributed by atoms with Crippen LogP contribution in [0.4, 0.5) is 5.82 Å². The largest absolute Gasteiger partial charge is 0.352 e. The molecule has 0 spiro atoms. The zero-order chi connectivity index (χ0) is 19.7. The predicted molar refractivity (Wildman–Crippen MR) is 113 cm³/mol. The van der Waals surface area contributed by atoms with Gasteiger partial charge in [-0.3, -0.25) is 4.79 Å². The lowest BCUT2D eigenvalue weighted by molar-refractivity contribution is -0.129. The Balaban J connectivity index is 1.74. The summed E-state index contributed by atoms with van der Waals surface area (Å²) in [6.07, 6.45) is 0. The maximum Gasteiger partial charge on any atom is 0.219 e. The number of benzene rings is 2. The van der Waals surface area contributed by atoms with Crippen LogP contribution < -0.4 is 4.90 Å². The lowest BCUT2D eigenvalue weighted by Gasteiger charge is -2.35. The van der Waals surface area contributed by atoms with Crippen LogP contribution in [0.1, 0.15) is 36.7 Å². The van der Waals surface area contributed by atoms with Crippen LogP contribution >= 0.6 is 0 Å². The Morgan fingerprint density at radius 1 is 0.964 bits per heavy atom. The molecule has 0 aliphatic carbocycles. The molecule has 0 saturated carbocycles. The summed E-state index contributed by atoms with van der Waals surface area (Å²) in [6.45, 7) is 8.99. The molecule has 4 rings (SSSR count). The smallest absolute Gasteiger partial charge is 0.219 e. The van der Waals surface area contributed by atoms with Gasteiger partial charge in [-0.1, -0.05) is 43.3 Å². The number of hydrogen-bond donors (Lipinski definition) is 0. The Labute approximate surface area is 166 Å². The summed E-state index contributed by atoms with van der Waals surface area (Å²) in [7, 11) is 0. The molecule has 0 bridgehead atoms. The number of aryl methyl sites for hydroxylation is 1. The van der Waals surface area contributed by atoms with Gasteiger partial charge in [0.25, 0.3) is 0 Å². The predicted octanol–water partition coefficient (Wildman–Crippen LogP) is 3.76. The van der Waals surface area contributed by atoms with Crippen molar-refractivity contribution in [2.45, 2.75) is 26.7 Å². The molecule has 0 radical (unpaired) electrons. The number of anilines is 1. The fourth-order valence-electron chi connectivity index (χ4n) is 3.96. The van der Waals surface area contributed by atoms with Crippen molar-refractivity contribution in [3.8, 4) is 0 Å². The van der Waals surface area contributed by atoms with Gasteiger partial charge in [0, 0.05) is 44.4 Å². The summed E-state index contributed by atoms with van der Waals surface area (Å²) in [5, 5.41) is 1.07. The van der Waals surface area contributed by atoms with E-state index in [9.17, 15) is 4.79 Å². The molecular weight excluding hydrogens is 348 g/mol. The highest BCUT2D eigenvalue weighted by Gasteiger charge is 2.23. The van der Waals surface area contributed by atoms with Crippen molar-refractivity contribution >= 4 is 22.6 Å². The first-order chi connectivity index (χ1) is 13.5. The third-order valence-electron chi connectivity index (χ3n) is 5.67. The number of para-hydroxylation sites is 1. The molecule has 3 aromatic rings. The minimum Gasteiger partial charge on any atom is -0.352 e. The van der Waals surface area contributed by atoms with Gasteiger partial charge in [0.2, 0.25) is 5.91 Å². The molecule has 0 N–H and O–H groups in total. The fraction of sp³-hybridized carbons (Fsp3) is 0.348. The lowest BCUT2D eigenvalue weighted by atomic mass is 9.95. The molecular formula is C23H26N4O.